The van der Waals surface area contributed by atoms with Crippen LogP contribution in [0.25, 0.3) is 5.69 Å². The third-order valence-electron chi connectivity index (χ3n) is 4.51. The number of carbonyl (C=O) groups excluding carboxylic acids is 1. The number of likely N-dealkylation sites (tertiary alicyclic amines) is 1. The first kappa shape index (κ1) is 17.0. The predicted octanol–water partition coefficient (Wildman–Crippen LogP) is 2.71. The number of benzene rings is 1. The largest absolute Gasteiger partial charge is 0.342 e. The van der Waals surface area contributed by atoms with Crippen molar-refractivity contribution < 1.29 is 4.79 Å². The van der Waals surface area contributed by atoms with Crippen molar-refractivity contribution in [3.63, 3.8) is 0 Å². The van der Waals surface area contributed by atoms with Crippen LogP contribution in [0, 0.1) is 12.8 Å². The molecule has 7 heteroatoms. The lowest BCUT2D eigenvalue weighted by Crippen LogP contribution is -2.41. The fourth-order valence-electron chi connectivity index (χ4n) is 2.90. The molecule has 0 spiro atoms. The fraction of sp³-hybridized carbons (Fsp3) is 0.529. The maximum atomic E-state index is 12.7. The topological polar surface area (TPSA) is 63.9 Å². The van der Waals surface area contributed by atoms with Crippen LogP contribution in [0.2, 0.25) is 0 Å². The molecule has 1 saturated heterocycles. The van der Waals surface area contributed by atoms with E-state index in [1.54, 1.807) is 4.68 Å². The summed E-state index contributed by atoms with van der Waals surface area (Å²) in [6.07, 6.45) is 2.17. The van der Waals surface area contributed by atoms with Gasteiger partial charge >= 0.3 is 0 Å². The Balaban J connectivity index is 1.72. The minimum absolute atomic E-state index is 0.172. The maximum absolute atomic E-state index is 12.7. The zero-order valence-corrected chi connectivity index (χ0v) is 15.2. The minimum atomic E-state index is -0.202. The van der Waals surface area contributed by atoms with Gasteiger partial charge in [-0.1, -0.05) is 36.9 Å². The third-order valence-corrected chi connectivity index (χ3v) is 5.53. The second-order valence-corrected chi connectivity index (χ2v) is 7.74. The molecule has 0 N–H and O–H groups in total. The van der Waals surface area contributed by atoms with Crippen molar-refractivity contribution >= 4 is 17.7 Å². The Morgan fingerprint density at radius 2 is 2.00 bits per heavy atom. The van der Waals surface area contributed by atoms with Gasteiger partial charge in [0.05, 0.1) is 10.9 Å². The number of thioether (sulfide) groups is 1. The van der Waals surface area contributed by atoms with Crippen LogP contribution in [0.3, 0.4) is 0 Å². The molecule has 2 heterocycles. The Labute approximate surface area is 146 Å². The molecule has 128 valence electrons. The van der Waals surface area contributed by atoms with Crippen molar-refractivity contribution in [3.05, 3.63) is 29.8 Å². The summed E-state index contributed by atoms with van der Waals surface area (Å²) in [5.41, 5.74) is 2.03. The van der Waals surface area contributed by atoms with E-state index in [9.17, 15) is 4.79 Å². The summed E-state index contributed by atoms with van der Waals surface area (Å²) in [6, 6.07) is 7.95. The number of para-hydroxylation sites is 1. The standard InChI is InChI=1S/C17H23N5OS/c1-12-8-10-21(11-9-12)16(23)14(3)24-17-18-19-20-22(17)15-7-5-4-6-13(15)2/h4-7,12,14H,8-11H2,1-3H3/t14-/m1/s1. The van der Waals surface area contributed by atoms with Gasteiger partial charge in [-0.05, 0) is 54.7 Å². The monoisotopic (exact) mass is 345 g/mol. The lowest BCUT2D eigenvalue weighted by Gasteiger charge is -2.31. The summed E-state index contributed by atoms with van der Waals surface area (Å²) >= 11 is 1.42. The van der Waals surface area contributed by atoms with Gasteiger partial charge in [-0.3, -0.25) is 4.79 Å². The summed E-state index contributed by atoms with van der Waals surface area (Å²) in [7, 11) is 0. The van der Waals surface area contributed by atoms with E-state index >= 15 is 0 Å². The number of tetrazole rings is 1. The molecule has 0 unspecified atom stereocenters. The van der Waals surface area contributed by atoms with Crippen molar-refractivity contribution in [3.8, 4) is 5.69 Å². The summed E-state index contributed by atoms with van der Waals surface area (Å²) < 4.78 is 1.71. The molecular weight excluding hydrogens is 322 g/mol. The summed E-state index contributed by atoms with van der Waals surface area (Å²) in [5, 5.41) is 12.4. The van der Waals surface area contributed by atoms with Crippen LogP contribution >= 0.6 is 11.8 Å². The molecule has 1 atom stereocenters. The zero-order valence-electron chi connectivity index (χ0n) is 14.3. The Morgan fingerprint density at radius 3 is 2.71 bits per heavy atom. The van der Waals surface area contributed by atoms with Gasteiger partial charge in [0.1, 0.15) is 0 Å². The highest BCUT2D eigenvalue weighted by Crippen LogP contribution is 2.26. The van der Waals surface area contributed by atoms with Gasteiger partial charge in [0, 0.05) is 13.1 Å². The molecule has 1 aliphatic heterocycles. The molecule has 2 aromatic rings. The molecule has 24 heavy (non-hydrogen) atoms. The first-order valence-electron chi connectivity index (χ1n) is 8.36. The fourth-order valence-corrected chi connectivity index (χ4v) is 3.78. The number of aromatic nitrogens is 4. The van der Waals surface area contributed by atoms with E-state index in [1.807, 2.05) is 43.0 Å². The van der Waals surface area contributed by atoms with Gasteiger partial charge < -0.3 is 4.90 Å². The zero-order chi connectivity index (χ0) is 17.1. The van der Waals surface area contributed by atoms with Crippen molar-refractivity contribution in [1.29, 1.82) is 0 Å². The summed E-state index contributed by atoms with van der Waals surface area (Å²) in [4.78, 5) is 14.6. The number of nitrogens with zero attached hydrogens (tertiary/aromatic N) is 5. The molecule has 0 saturated carbocycles. The van der Waals surface area contributed by atoms with Gasteiger partial charge in [-0.25, -0.2) is 0 Å². The van der Waals surface area contributed by atoms with E-state index < -0.39 is 0 Å². The summed E-state index contributed by atoms with van der Waals surface area (Å²) in [5.74, 6) is 0.886. The smallest absolute Gasteiger partial charge is 0.235 e. The average Bonchev–Trinajstić information content (AvgIpc) is 3.03. The summed E-state index contributed by atoms with van der Waals surface area (Å²) in [6.45, 7) is 7.91. The van der Waals surface area contributed by atoms with E-state index in [1.165, 1.54) is 11.8 Å². The van der Waals surface area contributed by atoms with Crippen LogP contribution in [0.1, 0.15) is 32.3 Å². The van der Waals surface area contributed by atoms with Crippen LogP contribution in [0.15, 0.2) is 29.4 Å². The van der Waals surface area contributed by atoms with E-state index in [2.05, 4.69) is 22.4 Å². The van der Waals surface area contributed by atoms with Crippen molar-refractivity contribution in [2.75, 3.05) is 13.1 Å². The molecule has 3 rings (SSSR count). The number of aryl methyl sites for hydroxylation is 1. The predicted molar refractivity (Wildman–Crippen MR) is 94.2 cm³/mol. The molecule has 0 radical (unpaired) electrons. The molecule has 0 aliphatic carbocycles. The highest BCUT2D eigenvalue weighted by molar-refractivity contribution is 8.00. The number of amides is 1. The molecule has 1 fully saturated rings. The molecule has 1 aromatic heterocycles. The molecule has 6 nitrogen and oxygen atoms in total. The van der Waals surface area contributed by atoms with Crippen LogP contribution < -0.4 is 0 Å². The molecule has 1 aromatic carbocycles. The number of carbonyl (C=O) groups is 1. The van der Waals surface area contributed by atoms with E-state index in [0.717, 1.165) is 37.2 Å². The van der Waals surface area contributed by atoms with Crippen LogP contribution in [0.4, 0.5) is 0 Å². The van der Waals surface area contributed by atoms with Crippen LogP contribution in [0.5, 0.6) is 0 Å². The quantitative estimate of drug-likeness (QED) is 0.797. The highest BCUT2D eigenvalue weighted by Gasteiger charge is 2.26. The number of piperidine rings is 1. The van der Waals surface area contributed by atoms with Crippen molar-refractivity contribution in [1.82, 2.24) is 25.1 Å². The lowest BCUT2D eigenvalue weighted by atomic mass is 9.99. The first-order chi connectivity index (χ1) is 11.6. The van der Waals surface area contributed by atoms with Crippen molar-refractivity contribution in [2.24, 2.45) is 5.92 Å². The Morgan fingerprint density at radius 1 is 1.29 bits per heavy atom. The van der Waals surface area contributed by atoms with E-state index in [0.29, 0.717) is 11.1 Å². The Hall–Kier alpha value is -1.89. The van der Waals surface area contributed by atoms with Crippen LogP contribution in [-0.4, -0.2) is 49.4 Å². The second-order valence-electron chi connectivity index (χ2n) is 6.43. The minimum Gasteiger partial charge on any atom is -0.342 e. The van der Waals surface area contributed by atoms with Gasteiger partial charge in [-0.2, -0.15) is 4.68 Å². The Bertz CT molecular complexity index is 709. The van der Waals surface area contributed by atoms with E-state index in [-0.39, 0.29) is 11.2 Å². The molecular formula is C17H23N5OS. The van der Waals surface area contributed by atoms with Gasteiger partial charge in [0.2, 0.25) is 11.1 Å². The van der Waals surface area contributed by atoms with Gasteiger partial charge in [0.15, 0.2) is 0 Å². The highest BCUT2D eigenvalue weighted by atomic mass is 32.2. The number of rotatable bonds is 4. The molecule has 0 bridgehead atoms. The Kier molecular flexibility index (Phi) is 5.18. The molecule has 1 amide bonds. The third kappa shape index (κ3) is 3.61. The number of hydrogen-bond acceptors (Lipinski definition) is 5. The second kappa shape index (κ2) is 7.34. The SMILES string of the molecule is Cc1ccccc1-n1nnnc1S[C@H](C)C(=O)N1CCC(C)CC1. The number of hydrogen-bond donors (Lipinski definition) is 0. The van der Waals surface area contributed by atoms with Crippen molar-refractivity contribution in [2.45, 2.75) is 44.0 Å². The van der Waals surface area contributed by atoms with Gasteiger partial charge in [-0.15, -0.1) is 5.10 Å². The van der Waals surface area contributed by atoms with E-state index in [4.69, 9.17) is 0 Å². The maximum Gasteiger partial charge on any atom is 0.235 e. The average molecular weight is 345 g/mol. The molecule has 1 aliphatic rings. The van der Waals surface area contributed by atoms with Gasteiger partial charge in [0.25, 0.3) is 0 Å². The first-order valence-corrected chi connectivity index (χ1v) is 9.24. The lowest BCUT2D eigenvalue weighted by molar-refractivity contribution is -0.131. The normalized spacial score (nSPS) is 17.0. The van der Waals surface area contributed by atoms with Crippen LogP contribution in [-0.2, 0) is 4.79 Å².